The maximum Gasteiger partial charge on any atom is 0.251 e. The van der Waals surface area contributed by atoms with Crippen molar-refractivity contribution in [3.63, 3.8) is 0 Å². The Morgan fingerprint density at radius 1 is 1.32 bits per heavy atom. The van der Waals surface area contributed by atoms with Crippen LogP contribution in [0, 0.1) is 0 Å². The predicted octanol–water partition coefficient (Wildman–Crippen LogP) is 0.675. The van der Waals surface area contributed by atoms with Gasteiger partial charge in [-0.15, -0.1) is 0 Å². The van der Waals surface area contributed by atoms with Crippen LogP contribution in [0.5, 0.6) is 0 Å². The summed E-state index contributed by atoms with van der Waals surface area (Å²) in [4.78, 5) is 23.9. The van der Waals surface area contributed by atoms with Crippen LogP contribution in [0.15, 0.2) is 29.2 Å². The summed E-state index contributed by atoms with van der Waals surface area (Å²) in [6.45, 7) is -0.593. The second-order valence-corrected chi connectivity index (χ2v) is 7.60. The normalized spacial score (nSPS) is 18.6. The highest BCUT2D eigenvalue weighted by atomic mass is 32.2. The smallest absolute Gasteiger partial charge is 0.251 e. The quantitative estimate of drug-likeness (QED) is 0.768. The first-order valence-corrected chi connectivity index (χ1v) is 9.53. The second kappa shape index (κ2) is 8.39. The summed E-state index contributed by atoms with van der Waals surface area (Å²) in [6, 6.07) is 4.79. The monoisotopic (exact) mass is 371 g/mol. The van der Waals surface area contributed by atoms with Crippen molar-refractivity contribution in [1.82, 2.24) is 14.9 Å². The number of hydrogen-bond acceptors (Lipinski definition) is 4. The molecular weight excluding hydrogens is 349 g/mol. The van der Waals surface area contributed by atoms with Gasteiger partial charge in [-0.3, -0.25) is 9.59 Å². The van der Waals surface area contributed by atoms with Crippen LogP contribution in [0.3, 0.4) is 0 Å². The van der Waals surface area contributed by atoms with E-state index in [1.54, 1.807) is 0 Å². The van der Waals surface area contributed by atoms with Crippen molar-refractivity contribution in [2.45, 2.75) is 30.2 Å². The molecule has 0 aromatic heterocycles. The summed E-state index contributed by atoms with van der Waals surface area (Å²) in [5, 5.41) is 4.85. The predicted molar refractivity (Wildman–Crippen MR) is 90.3 cm³/mol. The Kier molecular flexibility index (Phi) is 6.49. The van der Waals surface area contributed by atoms with Crippen LogP contribution in [-0.2, 0) is 14.8 Å². The lowest BCUT2D eigenvalue weighted by atomic mass is 10.0. The minimum atomic E-state index is -3.92. The third-order valence-corrected chi connectivity index (χ3v) is 5.99. The van der Waals surface area contributed by atoms with Crippen molar-refractivity contribution in [1.29, 1.82) is 0 Å². The average molecular weight is 371 g/mol. The Labute approximate surface area is 146 Å². The summed E-state index contributed by atoms with van der Waals surface area (Å²) >= 11 is 0. The summed E-state index contributed by atoms with van der Waals surface area (Å²) in [7, 11) is -2.45. The number of hydrogen-bond donors (Lipinski definition) is 2. The number of halogens is 1. The van der Waals surface area contributed by atoms with E-state index in [4.69, 9.17) is 0 Å². The van der Waals surface area contributed by atoms with E-state index in [1.807, 2.05) is 0 Å². The Morgan fingerprint density at radius 2 is 2.08 bits per heavy atom. The van der Waals surface area contributed by atoms with Gasteiger partial charge in [-0.2, -0.15) is 4.31 Å². The van der Waals surface area contributed by atoms with E-state index in [1.165, 1.54) is 35.6 Å². The van der Waals surface area contributed by atoms with Crippen LogP contribution < -0.4 is 10.6 Å². The summed E-state index contributed by atoms with van der Waals surface area (Å²) < 4.78 is 39.3. The van der Waals surface area contributed by atoms with Crippen molar-refractivity contribution < 1.29 is 22.4 Å². The van der Waals surface area contributed by atoms with Crippen molar-refractivity contribution in [2.75, 3.05) is 26.8 Å². The maximum absolute atomic E-state index is 13.0. The van der Waals surface area contributed by atoms with Gasteiger partial charge in [0, 0.05) is 25.7 Å². The first-order valence-electron chi connectivity index (χ1n) is 8.09. The van der Waals surface area contributed by atoms with Crippen LogP contribution in [0.4, 0.5) is 4.39 Å². The van der Waals surface area contributed by atoms with Crippen LogP contribution in [0.25, 0.3) is 0 Å². The van der Waals surface area contributed by atoms with E-state index >= 15 is 0 Å². The van der Waals surface area contributed by atoms with Gasteiger partial charge in [0.05, 0.1) is 4.90 Å². The van der Waals surface area contributed by atoms with Gasteiger partial charge >= 0.3 is 0 Å². The van der Waals surface area contributed by atoms with E-state index in [9.17, 15) is 22.4 Å². The third-order valence-electron chi connectivity index (χ3n) is 4.09. The number of rotatable bonds is 6. The molecule has 25 heavy (non-hydrogen) atoms. The molecular formula is C16H22FN3O4S. The highest BCUT2D eigenvalue weighted by Crippen LogP contribution is 2.26. The Hall–Kier alpha value is -2.00. The average Bonchev–Trinajstić information content (AvgIpc) is 2.65. The zero-order chi connectivity index (χ0) is 18.4. The highest BCUT2D eigenvalue weighted by Gasteiger charge is 2.37. The number of benzene rings is 1. The molecule has 0 bridgehead atoms. The van der Waals surface area contributed by atoms with Crippen molar-refractivity contribution >= 4 is 21.8 Å². The summed E-state index contributed by atoms with van der Waals surface area (Å²) in [6.07, 6.45) is 1.90. The Balaban J connectivity index is 2.32. The second-order valence-electron chi connectivity index (χ2n) is 5.71. The molecule has 2 rings (SSSR count). The van der Waals surface area contributed by atoms with Gasteiger partial charge in [-0.05, 0) is 31.0 Å². The van der Waals surface area contributed by atoms with E-state index in [2.05, 4.69) is 10.6 Å². The van der Waals surface area contributed by atoms with Gasteiger partial charge in [-0.25, -0.2) is 12.8 Å². The fourth-order valence-electron chi connectivity index (χ4n) is 2.82. The molecule has 9 heteroatoms. The SMILES string of the molecule is CNC(=O)[C@H]1CCCCN1S(=O)(=O)c1cccc(C(=O)NCCF)c1. The van der Waals surface area contributed by atoms with Crippen molar-refractivity contribution in [3.05, 3.63) is 29.8 Å². The van der Waals surface area contributed by atoms with E-state index in [-0.39, 0.29) is 29.5 Å². The Morgan fingerprint density at radius 3 is 2.76 bits per heavy atom. The topological polar surface area (TPSA) is 95.6 Å². The van der Waals surface area contributed by atoms with Crippen LogP contribution in [-0.4, -0.2) is 57.4 Å². The fourth-order valence-corrected chi connectivity index (χ4v) is 4.52. The van der Waals surface area contributed by atoms with E-state index < -0.39 is 28.6 Å². The first-order chi connectivity index (χ1) is 11.9. The molecule has 2 N–H and O–H groups in total. The lowest BCUT2D eigenvalue weighted by Crippen LogP contribution is -2.51. The van der Waals surface area contributed by atoms with Gasteiger partial charge in [0.15, 0.2) is 0 Å². The third kappa shape index (κ3) is 4.35. The fraction of sp³-hybridized carbons (Fsp3) is 0.500. The highest BCUT2D eigenvalue weighted by molar-refractivity contribution is 7.89. The van der Waals surface area contributed by atoms with Crippen molar-refractivity contribution in [2.24, 2.45) is 0 Å². The number of nitrogens with one attached hydrogen (secondary N) is 2. The molecule has 0 saturated carbocycles. The molecule has 0 aliphatic carbocycles. The molecule has 1 aromatic carbocycles. The van der Waals surface area contributed by atoms with Crippen LogP contribution in [0.2, 0.25) is 0 Å². The van der Waals surface area contributed by atoms with Gasteiger partial charge in [0.1, 0.15) is 12.7 Å². The number of alkyl halides is 1. The molecule has 138 valence electrons. The molecule has 0 radical (unpaired) electrons. The molecule has 0 unspecified atom stereocenters. The van der Waals surface area contributed by atoms with Crippen molar-refractivity contribution in [3.8, 4) is 0 Å². The molecule has 7 nitrogen and oxygen atoms in total. The molecule has 1 aliphatic heterocycles. The first kappa shape index (κ1) is 19.3. The molecule has 2 amide bonds. The number of piperidine rings is 1. The number of sulfonamides is 1. The molecule has 1 atom stereocenters. The zero-order valence-electron chi connectivity index (χ0n) is 14.0. The minimum Gasteiger partial charge on any atom is -0.358 e. The molecule has 1 saturated heterocycles. The molecule has 1 aromatic rings. The lowest BCUT2D eigenvalue weighted by molar-refractivity contribution is -0.125. The number of carbonyl (C=O) groups is 2. The lowest BCUT2D eigenvalue weighted by Gasteiger charge is -2.33. The van der Waals surface area contributed by atoms with Crippen LogP contribution in [0.1, 0.15) is 29.6 Å². The molecule has 0 spiro atoms. The van der Waals surface area contributed by atoms with E-state index in [0.29, 0.717) is 12.8 Å². The largest absolute Gasteiger partial charge is 0.358 e. The summed E-state index contributed by atoms with van der Waals surface area (Å²) in [5.41, 5.74) is 0.128. The zero-order valence-corrected chi connectivity index (χ0v) is 14.8. The van der Waals surface area contributed by atoms with Crippen LogP contribution >= 0.6 is 0 Å². The van der Waals surface area contributed by atoms with E-state index in [0.717, 1.165) is 6.42 Å². The van der Waals surface area contributed by atoms with Gasteiger partial charge in [0.2, 0.25) is 15.9 Å². The number of carbonyl (C=O) groups excluding carboxylic acids is 2. The maximum atomic E-state index is 13.0. The standard InChI is InChI=1S/C16H22FN3O4S/c1-18-16(22)14-7-2-3-10-20(14)25(23,24)13-6-4-5-12(11-13)15(21)19-9-8-17/h4-6,11,14H,2-3,7-10H2,1H3,(H,18,22)(H,19,21)/t14-/m1/s1. The van der Waals surface area contributed by atoms with Gasteiger partial charge in [-0.1, -0.05) is 12.5 Å². The Bertz CT molecular complexity index is 739. The molecule has 1 fully saturated rings. The number of likely N-dealkylation sites (N-methyl/N-ethyl adjacent to an activating group) is 1. The molecule has 1 heterocycles. The van der Waals surface area contributed by atoms with Gasteiger partial charge in [0.25, 0.3) is 5.91 Å². The summed E-state index contributed by atoms with van der Waals surface area (Å²) in [5.74, 6) is -0.892. The number of nitrogens with zero attached hydrogens (tertiary/aromatic N) is 1. The minimum absolute atomic E-state index is 0.0591. The number of amides is 2. The van der Waals surface area contributed by atoms with Gasteiger partial charge < -0.3 is 10.6 Å². The molecule has 1 aliphatic rings.